The summed E-state index contributed by atoms with van der Waals surface area (Å²) in [5.74, 6) is 0.890. The summed E-state index contributed by atoms with van der Waals surface area (Å²) >= 11 is 1.79. The molecule has 0 aliphatic carbocycles. The number of hydrogen-bond donors (Lipinski definition) is 1. The number of rotatable bonds is 6. The Labute approximate surface area is 125 Å². The highest BCUT2D eigenvalue weighted by Crippen LogP contribution is 2.24. The van der Waals surface area contributed by atoms with Crippen LogP contribution < -0.4 is 10.1 Å². The van der Waals surface area contributed by atoms with Crippen molar-refractivity contribution in [2.75, 3.05) is 7.11 Å². The molecule has 3 nitrogen and oxygen atoms in total. The molecule has 1 aromatic heterocycles. The number of methoxy groups -OCH3 is 1. The smallest absolute Gasteiger partial charge is 0.118 e. The first-order chi connectivity index (χ1) is 9.63. The quantitative estimate of drug-likeness (QED) is 0.868. The first kappa shape index (κ1) is 15.0. The summed E-state index contributed by atoms with van der Waals surface area (Å²) in [7, 11) is 1.69. The second-order valence-electron chi connectivity index (χ2n) is 4.90. The Bertz CT molecular complexity index is 536. The van der Waals surface area contributed by atoms with E-state index in [2.05, 4.69) is 43.2 Å². The van der Waals surface area contributed by atoms with Gasteiger partial charge in [0.15, 0.2) is 0 Å². The van der Waals surface area contributed by atoms with E-state index in [1.807, 2.05) is 18.3 Å². The summed E-state index contributed by atoms with van der Waals surface area (Å²) in [5, 5.41) is 4.75. The number of nitrogens with one attached hydrogen (secondary N) is 1. The standard InChI is InChI=1S/C16H22N2OS/c1-5-15-10-17-16(20-15)12(3)18-11(2)13-6-8-14(19-4)9-7-13/h6-12,18H,5H2,1-4H3. The Kier molecular flexibility index (Phi) is 5.15. The molecule has 20 heavy (non-hydrogen) atoms. The molecule has 0 spiro atoms. The predicted molar refractivity (Wildman–Crippen MR) is 84.5 cm³/mol. The van der Waals surface area contributed by atoms with Crippen LogP contribution in [0.3, 0.4) is 0 Å². The van der Waals surface area contributed by atoms with Crippen molar-refractivity contribution in [3.63, 3.8) is 0 Å². The maximum atomic E-state index is 5.19. The van der Waals surface area contributed by atoms with Crippen LogP contribution in [-0.4, -0.2) is 12.1 Å². The van der Waals surface area contributed by atoms with Crippen molar-refractivity contribution in [3.05, 3.63) is 45.9 Å². The van der Waals surface area contributed by atoms with Gasteiger partial charge in [0.05, 0.1) is 13.2 Å². The van der Waals surface area contributed by atoms with Crippen LogP contribution in [0.1, 0.15) is 48.3 Å². The summed E-state index contributed by atoms with van der Waals surface area (Å²) in [6, 6.07) is 8.74. The molecule has 0 radical (unpaired) electrons. The van der Waals surface area contributed by atoms with Gasteiger partial charge in [-0.05, 0) is 38.0 Å². The SMILES string of the molecule is CCc1cnc(C(C)NC(C)c2ccc(OC)cc2)s1. The molecule has 0 saturated carbocycles. The topological polar surface area (TPSA) is 34.2 Å². The van der Waals surface area contributed by atoms with Crippen LogP contribution in [-0.2, 0) is 6.42 Å². The van der Waals surface area contributed by atoms with Crippen LogP contribution in [0.4, 0.5) is 0 Å². The number of hydrogen-bond acceptors (Lipinski definition) is 4. The van der Waals surface area contributed by atoms with Gasteiger partial charge in [0.25, 0.3) is 0 Å². The maximum absolute atomic E-state index is 5.19. The number of aromatic nitrogens is 1. The van der Waals surface area contributed by atoms with Gasteiger partial charge >= 0.3 is 0 Å². The number of ether oxygens (including phenoxy) is 1. The Morgan fingerprint density at radius 1 is 1.20 bits per heavy atom. The highest BCUT2D eigenvalue weighted by molar-refractivity contribution is 7.11. The Hall–Kier alpha value is -1.39. The third-order valence-electron chi connectivity index (χ3n) is 3.41. The van der Waals surface area contributed by atoms with Crippen molar-refractivity contribution in [2.45, 2.75) is 39.3 Å². The Morgan fingerprint density at radius 2 is 1.90 bits per heavy atom. The first-order valence-electron chi connectivity index (χ1n) is 6.98. The summed E-state index contributed by atoms with van der Waals surface area (Å²) < 4.78 is 5.19. The van der Waals surface area contributed by atoms with Gasteiger partial charge in [-0.25, -0.2) is 4.98 Å². The van der Waals surface area contributed by atoms with Gasteiger partial charge < -0.3 is 10.1 Å². The second-order valence-corrected chi connectivity index (χ2v) is 6.05. The highest BCUT2D eigenvalue weighted by Gasteiger charge is 2.14. The molecular formula is C16H22N2OS. The minimum absolute atomic E-state index is 0.261. The molecule has 0 aliphatic heterocycles. The van der Waals surface area contributed by atoms with Crippen LogP contribution in [0, 0.1) is 0 Å². The average Bonchev–Trinajstić information content (AvgIpc) is 2.96. The zero-order valence-electron chi connectivity index (χ0n) is 12.5. The molecule has 0 bridgehead atoms. The lowest BCUT2D eigenvalue weighted by Gasteiger charge is -2.19. The molecule has 4 heteroatoms. The van der Waals surface area contributed by atoms with Crippen molar-refractivity contribution in [1.29, 1.82) is 0 Å². The monoisotopic (exact) mass is 290 g/mol. The lowest BCUT2D eigenvalue weighted by molar-refractivity contribution is 0.414. The van der Waals surface area contributed by atoms with E-state index in [4.69, 9.17) is 4.74 Å². The van der Waals surface area contributed by atoms with Gasteiger partial charge in [0.2, 0.25) is 0 Å². The van der Waals surface area contributed by atoms with Crippen molar-refractivity contribution in [1.82, 2.24) is 10.3 Å². The molecule has 2 atom stereocenters. The Balaban J connectivity index is 2.00. The number of nitrogens with zero attached hydrogens (tertiary/aromatic N) is 1. The summed E-state index contributed by atoms with van der Waals surface area (Å²) in [5.41, 5.74) is 1.25. The molecule has 2 rings (SSSR count). The van der Waals surface area contributed by atoms with Crippen molar-refractivity contribution in [2.24, 2.45) is 0 Å². The highest BCUT2D eigenvalue weighted by atomic mass is 32.1. The van der Waals surface area contributed by atoms with E-state index in [1.54, 1.807) is 18.4 Å². The normalized spacial score (nSPS) is 14.0. The van der Waals surface area contributed by atoms with E-state index in [-0.39, 0.29) is 12.1 Å². The first-order valence-corrected chi connectivity index (χ1v) is 7.80. The van der Waals surface area contributed by atoms with E-state index in [9.17, 15) is 0 Å². The maximum Gasteiger partial charge on any atom is 0.118 e. The molecule has 0 saturated heterocycles. The molecule has 0 fully saturated rings. The van der Waals surface area contributed by atoms with Gasteiger partial charge in [0.1, 0.15) is 10.8 Å². The summed E-state index contributed by atoms with van der Waals surface area (Å²) in [6.07, 6.45) is 3.04. The van der Waals surface area contributed by atoms with Gasteiger partial charge in [-0.1, -0.05) is 19.1 Å². The zero-order chi connectivity index (χ0) is 14.5. The molecule has 1 N–H and O–H groups in total. The molecule has 108 valence electrons. The van der Waals surface area contributed by atoms with Gasteiger partial charge in [-0.2, -0.15) is 0 Å². The molecule has 0 aliphatic rings. The van der Waals surface area contributed by atoms with E-state index >= 15 is 0 Å². The van der Waals surface area contributed by atoms with Crippen LogP contribution >= 0.6 is 11.3 Å². The third-order valence-corrected chi connectivity index (χ3v) is 4.73. The summed E-state index contributed by atoms with van der Waals surface area (Å²) in [4.78, 5) is 5.84. The molecular weight excluding hydrogens is 268 g/mol. The van der Waals surface area contributed by atoms with Crippen LogP contribution in [0.2, 0.25) is 0 Å². The zero-order valence-corrected chi connectivity index (χ0v) is 13.3. The predicted octanol–water partition coefficient (Wildman–Crippen LogP) is 4.13. The molecule has 1 aromatic carbocycles. The summed E-state index contributed by atoms with van der Waals surface area (Å²) in [6.45, 7) is 6.50. The average molecular weight is 290 g/mol. The molecule has 2 aromatic rings. The largest absolute Gasteiger partial charge is 0.497 e. The second kappa shape index (κ2) is 6.86. The fraction of sp³-hybridized carbons (Fsp3) is 0.438. The van der Waals surface area contributed by atoms with Gasteiger partial charge in [0, 0.05) is 17.1 Å². The number of thiazole rings is 1. The van der Waals surface area contributed by atoms with Crippen molar-refractivity contribution in [3.8, 4) is 5.75 Å². The number of benzene rings is 1. The fourth-order valence-corrected chi connectivity index (χ4v) is 2.99. The number of aryl methyl sites for hydroxylation is 1. The van der Waals surface area contributed by atoms with Crippen molar-refractivity contribution >= 4 is 11.3 Å². The Morgan fingerprint density at radius 3 is 2.45 bits per heavy atom. The van der Waals surface area contributed by atoms with E-state index in [0.29, 0.717) is 0 Å². The fourth-order valence-electron chi connectivity index (χ4n) is 2.12. The van der Waals surface area contributed by atoms with Crippen LogP contribution in [0.5, 0.6) is 5.75 Å². The van der Waals surface area contributed by atoms with E-state index < -0.39 is 0 Å². The molecule has 0 amide bonds. The van der Waals surface area contributed by atoms with Crippen molar-refractivity contribution < 1.29 is 4.74 Å². The molecule has 2 unspecified atom stereocenters. The minimum Gasteiger partial charge on any atom is -0.497 e. The van der Waals surface area contributed by atoms with Crippen LogP contribution in [0.25, 0.3) is 0 Å². The van der Waals surface area contributed by atoms with E-state index in [1.165, 1.54) is 10.4 Å². The minimum atomic E-state index is 0.261. The lowest BCUT2D eigenvalue weighted by atomic mass is 10.1. The van der Waals surface area contributed by atoms with Crippen LogP contribution in [0.15, 0.2) is 30.5 Å². The van der Waals surface area contributed by atoms with E-state index in [0.717, 1.165) is 17.2 Å². The van der Waals surface area contributed by atoms with Gasteiger partial charge in [-0.3, -0.25) is 0 Å². The lowest BCUT2D eigenvalue weighted by Crippen LogP contribution is -2.22. The molecule has 1 heterocycles. The van der Waals surface area contributed by atoms with Gasteiger partial charge in [-0.15, -0.1) is 11.3 Å². The third kappa shape index (κ3) is 3.58.